The fourth-order valence-corrected chi connectivity index (χ4v) is 5.69. The molecule has 0 saturated heterocycles. The molecule has 6 aromatic carbocycles. The fraction of sp³-hybridized carbons (Fsp3) is 0.176. The van der Waals surface area contributed by atoms with Gasteiger partial charge in [-0.25, -0.2) is 0 Å². The average Bonchev–Trinajstić information content (AvgIpc) is 2.94. The molecule has 6 rings (SSSR count). The quantitative estimate of drug-likeness (QED) is 0.184. The summed E-state index contributed by atoms with van der Waals surface area (Å²) in [5.74, 6) is 0. The lowest BCUT2D eigenvalue weighted by molar-refractivity contribution is 0.282. The highest BCUT2D eigenvalue weighted by Crippen LogP contribution is 2.32. The molecule has 36 heavy (non-hydrogen) atoms. The van der Waals surface area contributed by atoms with Crippen LogP contribution in [0.3, 0.4) is 0 Å². The van der Waals surface area contributed by atoms with Crippen LogP contribution < -0.4 is 0 Å². The second-order valence-electron chi connectivity index (χ2n) is 9.80. The first-order valence-electron chi connectivity index (χ1n) is 12.8. The lowest BCUT2D eigenvalue weighted by Crippen LogP contribution is -1.94. The van der Waals surface area contributed by atoms with Gasteiger partial charge in [0.1, 0.15) is 0 Å². The molecule has 2 heteroatoms. The normalized spacial score (nSPS) is 11.7. The number of fused-ring (bicyclic) bond motifs is 6. The zero-order chi connectivity index (χ0) is 24.5. The smallest absolute Gasteiger partial charge is 0.0682 e. The first-order valence-corrected chi connectivity index (χ1v) is 12.8. The predicted molar refractivity (Wildman–Crippen MR) is 151 cm³/mol. The van der Waals surface area contributed by atoms with Crippen molar-refractivity contribution in [3.05, 3.63) is 119 Å². The fourth-order valence-electron chi connectivity index (χ4n) is 5.69. The minimum Gasteiger partial charge on any atom is -0.392 e. The summed E-state index contributed by atoms with van der Waals surface area (Å²) in [5.41, 5.74) is 4.70. The molecule has 0 amide bonds. The Morgan fingerprint density at radius 2 is 0.833 bits per heavy atom. The SMILES string of the molecule is OCc1ccc2cc(CCCCc3cc4ccc(CO)cc4c4ccccc34)c3ccccc3c2c1. The van der Waals surface area contributed by atoms with Crippen LogP contribution in [0.25, 0.3) is 43.1 Å². The zero-order valence-electron chi connectivity index (χ0n) is 20.4. The minimum atomic E-state index is 0.0675. The van der Waals surface area contributed by atoms with Gasteiger partial charge in [-0.05, 0) is 103 Å². The van der Waals surface area contributed by atoms with Crippen LogP contribution in [-0.2, 0) is 26.1 Å². The number of aliphatic hydroxyl groups is 2. The van der Waals surface area contributed by atoms with Gasteiger partial charge in [0.05, 0.1) is 13.2 Å². The van der Waals surface area contributed by atoms with E-state index in [1.54, 1.807) is 0 Å². The summed E-state index contributed by atoms with van der Waals surface area (Å²) in [6, 6.07) is 34.5. The van der Waals surface area contributed by atoms with Crippen molar-refractivity contribution in [2.75, 3.05) is 0 Å². The van der Waals surface area contributed by atoms with Gasteiger partial charge in [-0.1, -0.05) is 84.9 Å². The van der Waals surface area contributed by atoms with Gasteiger partial charge in [-0.15, -0.1) is 0 Å². The van der Waals surface area contributed by atoms with Gasteiger partial charge < -0.3 is 10.2 Å². The van der Waals surface area contributed by atoms with E-state index in [0.29, 0.717) is 0 Å². The zero-order valence-corrected chi connectivity index (χ0v) is 20.4. The summed E-state index contributed by atoms with van der Waals surface area (Å²) >= 11 is 0. The van der Waals surface area contributed by atoms with Crippen LogP contribution in [0.5, 0.6) is 0 Å². The van der Waals surface area contributed by atoms with Gasteiger partial charge in [0.15, 0.2) is 0 Å². The summed E-state index contributed by atoms with van der Waals surface area (Å²) in [4.78, 5) is 0. The number of hydrogen-bond donors (Lipinski definition) is 2. The Morgan fingerprint density at radius 3 is 1.25 bits per heavy atom. The molecule has 0 aliphatic carbocycles. The van der Waals surface area contributed by atoms with E-state index < -0.39 is 0 Å². The standard InChI is InChI=1S/C34H30O2/c35-21-23-13-15-27-19-25(29-9-3-5-11-31(29)33(27)17-23)7-1-2-8-26-20-28-16-14-24(22-36)18-34(28)32-12-6-4-10-30(26)32/h3-6,9-20,35-36H,1-2,7-8,21-22H2. The van der Waals surface area contributed by atoms with E-state index in [1.807, 2.05) is 12.1 Å². The van der Waals surface area contributed by atoms with Gasteiger partial charge in [0.25, 0.3) is 0 Å². The molecule has 2 N–H and O–H groups in total. The third-order valence-corrected chi connectivity index (χ3v) is 7.53. The monoisotopic (exact) mass is 470 g/mol. The maximum absolute atomic E-state index is 9.60. The molecule has 6 aromatic rings. The van der Waals surface area contributed by atoms with Crippen LogP contribution in [0, 0.1) is 0 Å². The largest absolute Gasteiger partial charge is 0.392 e. The van der Waals surface area contributed by atoms with E-state index in [1.165, 1.54) is 54.2 Å². The minimum absolute atomic E-state index is 0.0675. The number of hydrogen-bond acceptors (Lipinski definition) is 2. The molecule has 0 aliphatic rings. The van der Waals surface area contributed by atoms with Crippen molar-refractivity contribution >= 4 is 43.1 Å². The summed E-state index contributed by atoms with van der Waals surface area (Å²) in [7, 11) is 0. The van der Waals surface area contributed by atoms with E-state index in [4.69, 9.17) is 0 Å². The highest BCUT2D eigenvalue weighted by molar-refractivity contribution is 6.10. The van der Waals surface area contributed by atoms with Crippen LogP contribution >= 0.6 is 0 Å². The molecule has 0 radical (unpaired) electrons. The number of benzene rings is 6. The Kier molecular flexibility index (Phi) is 6.14. The first kappa shape index (κ1) is 22.7. The lowest BCUT2D eigenvalue weighted by atomic mass is 9.91. The molecule has 0 bridgehead atoms. The highest BCUT2D eigenvalue weighted by atomic mass is 16.3. The molecule has 178 valence electrons. The third kappa shape index (κ3) is 4.13. The maximum Gasteiger partial charge on any atom is 0.0682 e. The summed E-state index contributed by atoms with van der Waals surface area (Å²) in [5, 5.41) is 29.3. The summed E-state index contributed by atoms with van der Waals surface area (Å²) in [6.07, 6.45) is 4.34. The molecule has 0 heterocycles. The van der Waals surface area contributed by atoms with Crippen molar-refractivity contribution in [1.29, 1.82) is 0 Å². The number of aliphatic hydroxyl groups excluding tert-OH is 2. The third-order valence-electron chi connectivity index (χ3n) is 7.53. The van der Waals surface area contributed by atoms with E-state index in [0.717, 1.165) is 36.8 Å². The van der Waals surface area contributed by atoms with Crippen molar-refractivity contribution in [2.24, 2.45) is 0 Å². The molecular formula is C34H30O2. The Morgan fingerprint density at radius 1 is 0.417 bits per heavy atom. The van der Waals surface area contributed by atoms with Gasteiger partial charge in [-0.2, -0.15) is 0 Å². The van der Waals surface area contributed by atoms with Crippen molar-refractivity contribution in [2.45, 2.75) is 38.9 Å². The average molecular weight is 471 g/mol. The van der Waals surface area contributed by atoms with Gasteiger partial charge in [-0.3, -0.25) is 0 Å². The van der Waals surface area contributed by atoms with Gasteiger partial charge in [0, 0.05) is 0 Å². The number of unbranched alkanes of at least 4 members (excludes halogenated alkanes) is 1. The second kappa shape index (κ2) is 9.73. The predicted octanol–water partition coefficient (Wildman–Crippen LogP) is 7.85. The molecule has 0 saturated carbocycles. The molecular weight excluding hydrogens is 440 g/mol. The van der Waals surface area contributed by atoms with Crippen LogP contribution in [-0.4, -0.2) is 10.2 Å². The topological polar surface area (TPSA) is 40.5 Å². The highest BCUT2D eigenvalue weighted by Gasteiger charge is 2.10. The Bertz CT molecular complexity index is 1590. The maximum atomic E-state index is 9.60. The van der Waals surface area contributed by atoms with Crippen LogP contribution in [0.2, 0.25) is 0 Å². The van der Waals surface area contributed by atoms with Crippen molar-refractivity contribution in [3.8, 4) is 0 Å². The number of aryl methyl sites for hydroxylation is 2. The van der Waals surface area contributed by atoms with Crippen LogP contribution in [0.4, 0.5) is 0 Å². The molecule has 0 spiro atoms. The summed E-state index contributed by atoms with van der Waals surface area (Å²) < 4.78 is 0. The molecule has 0 fully saturated rings. The molecule has 0 aromatic heterocycles. The molecule has 0 aliphatic heterocycles. The summed E-state index contributed by atoms with van der Waals surface area (Å²) in [6.45, 7) is 0.135. The van der Waals surface area contributed by atoms with Gasteiger partial charge in [0.2, 0.25) is 0 Å². The van der Waals surface area contributed by atoms with E-state index in [-0.39, 0.29) is 13.2 Å². The van der Waals surface area contributed by atoms with E-state index >= 15 is 0 Å². The Hall–Kier alpha value is -3.72. The molecule has 2 nitrogen and oxygen atoms in total. The molecule has 0 unspecified atom stereocenters. The first-order chi connectivity index (χ1) is 17.7. The van der Waals surface area contributed by atoms with Crippen LogP contribution in [0.15, 0.2) is 97.1 Å². The van der Waals surface area contributed by atoms with Crippen molar-refractivity contribution in [3.63, 3.8) is 0 Å². The Labute approximate surface area is 211 Å². The van der Waals surface area contributed by atoms with Crippen LogP contribution in [0.1, 0.15) is 35.1 Å². The van der Waals surface area contributed by atoms with Crippen molar-refractivity contribution < 1.29 is 10.2 Å². The van der Waals surface area contributed by atoms with Gasteiger partial charge >= 0.3 is 0 Å². The van der Waals surface area contributed by atoms with E-state index in [9.17, 15) is 10.2 Å². The van der Waals surface area contributed by atoms with E-state index in [2.05, 4.69) is 84.9 Å². The number of rotatable bonds is 7. The van der Waals surface area contributed by atoms with Crippen molar-refractivity contribution in [1.82, 2.24) is 0 Å². The Balaban J connectivity index is 1.27. The molecule has 0 atom stereocenters. The lowest BCUT2D eigenvalue weighted by Gasteiger charge is -2.13. The second-order valence-corrected chi connectivity index (χ2v) is 9.80.